The Kier molecular flexibility index (Phi) is 5.41. The van der Waals surface area contributed by atoms with Crippen molar-refractivity contribution in [3.8, 4) is 0 Å². The molecule has 1 saturated carbocycles. The van der Waals surface area contributed by atoms with Gasteiger partial charge in [0.05, 0.1) is 10.7 Å². The van der Waals surface area contributed by atoms with Gasteiger partial charge in [0, 0.05) is 9.61 Å². The first kappa shape index (κ1) is 15.4. The Morgan fingerprint density at radius 1 is 1.32 bits per heavy atom. The van der Waals surface area contributed by atoms with E-state index in [4.69, 9.17) is 11.6 Å². The van der Waals surface area contributed by atoms with Crippen LogP contribution in [0.4, 0.5) is 5.69 Å². The molecule has 2 rings (SSSR count). The minimum absolute atomic E-state index is 0.557. The molecule has 0 saturated heterocycles. The van der Waals surface area contributed by atoms with E-state index in [1.807, 2.05) is 6.07 Å². The minimum Gasteiger partial charge on any atom is -0.381 e. The van der Waals surface area contributed by atoms with Crippen LogP contribution < -0.4 is 5.32 Å². The monoisotopic (exact) mass is 391 g/mol. The van der Waals surface area contributed by atoms with Crippen molar-refractivity contribution in [3.63, 3.8) is 0 Å². The molecule has 0 bridgehead atoms. The quantitative estimate of drug-likeness (QED) is 0.640. The molecular formula is C16H23ClIN. The third kappa shape index (κ3) is 4.01. The van der Waals surface area contributed by atoms with Gasteiger partial charge in [0.2, 0.25) is 0 Å². The van der Waals surface area contributed by atoms with Gasteiger partial charge in [0.25, 0.3) is 0 Å². The SMILES string of the molecule is CC1CCC(C(C)C)C(Nc2ccc(I)cc2Cl)C1. The Balaban J connectivity index is 2.14. The van der Waals surface area contributed by atoms with E-state index in [0.29, 0.717) is 6.04 Å². The minimum atomic E-state index is 0.557. The van der Waals surface area contributed by atoms with Crippen molar-refractivity contribution in [1.29, 1.82) is 0 Å². The highest BCUT2D eigenvalue weighted by atomic mass is 127. The third-order valence-corrected chi connectivity index (χ3v) is 5.28. The number of halogens is 2. The molecule has 106 valence electrons. The van der Waals surface area contributed by atoms with E-state index in [0.717, 1.165) is 28.5 Å². The first-order valence-electron chi connectivity index (χ1n) is 7.19. The van der Waals surface area contributed by atoms with Gasteiger partial charge in [0.15, 0.2) is 0 Å². The van der Waals surface area contributed by atoms with Crippen LogP contribution in [0.1, 0.15) is 40.0 Å². The van der Waals surface area contributed by atoms with Crippen LogP contribution in [0, 0.1) is 21.3 Å². The largest absolute Gasteiger partial charge is 0.381 e. The second-order valence-electron chi connectivity index (χ2n) is 6.20. The lowest BCUT2D eigenvalue weighted by Crippen LogP contribution is -2.37. The Morgan fingerprint density at radius 3 is 2.68 bits per heavy atom. The van der Waals surface area contributed by atoms with Crippen molar-refractivity contribution in [2.45, 2.75) is 46.1 Å². The predicted octanol–water partition coefficient (Wildman–Crippen LogP) is 5.82. The van der Waals surface area contributed by atoms with Gasteiger partial charge in [0.1, 0.15) is 0 Å². The lowest BCUT2D eigenvalue weighted by Gasteiger charge is -2.38. The van der Waals surface area contributed by atoms with Crippen LogP contribution in [0.15, 0.2) is 18.2 Å². The van der Waals surface area contributed by atoms with Gasteiger partial charge in [-0.25, -0.2) is 0 Å². The summed E-state index contributed by atoms with van der Waals surface area (Å²) in [6, 6.07) is 6.81. The van der Waals surface area contributed by atoms with Crippen molar-refractivity contribution in [2.24, 2.45) is 17.8 Å². The molecule has 1 fully saturated rings. The van der Waals surface area contributed by atoms with Crippen LogP contribution in [0.3, 0.4) is 0 Å². The smallest absolute Gasteiger partial charge is 0.0648 e. The van der Waals surface area contributed by atoms with E-state index in [2.05, 4.69) is 60.8 Å². The summed E-state index contributed by atoms with van der Waals surface area (Å²) in [4.78, 5) is 0. The van der Waals surface area contributed by atoms with E-state index >= 15 is 0 Å². The van der Waals surface area contributed by atoms with Crippen LogP contribution in [0.5, 0.6) is 0 Å². The van der Waals surface area contributed by atoms with Gasteiger partial charge >= 0.3 is 0 Å². The molecule has 0 radical (unpaired) electrons. The van der Waals surface area contributed by atoms with Gasteiger partial charge < -0.3 is 5.32 Å². The lowest BCUT2D eigenvalue weighted by atomic mass is 9.74. The number of nitrogens with one attached hydrogen (secondary N) is 1. The number of rotatable bonds is 3. The number of hydrogen-bond donors (Lipinski definition) is 1. The zero-order chi connectivity index (χ0) is 14.0. The molecular weight excluding hydrogens is 369 g/mol. The summed E-state index contributed by atoms with van der Waals surface area (Å²) in [6.45, 7) is 7.04. The standard InChI is InChI=1S/C16H23ClIN/c1-10(2)13-6-4-11(3)8-16(13)19-15-7-5-12(18)9-14(15)17/h5,7,9-11,13,16,19H,4,6,8H2,1-3H3. The van der Waals surface area contributed by atoms with Crippen LogP contribution in [0.25, 0.3) is 0 Å². The maximum absolute atomic E-state index is 6.35. The summed E-state index contributed by atoms with van der Waals surface area (Å²) >= 11 is 8.64. The summed E-state index contributed by atoms with van der Waals surface area (Å²) in [5.41, 5.74) is 1.09. The molecule has 1 aliphatic carbocycles. The van der Waals surface area contributed by atoms with Gasteiger partial charge in [-0.1, -0.05) is 38.8 Å². The van der Waals surface area contributed by atoms with Gasteiger partial charge in [-0.05, 0) is 71.4 Å². The first-order chi connectivity index (χ1) is 8.97. The fourth-order valence-electron chi connectivity index (χ4n) is 3.17. The average molecular weight is 392 g/mol. The fourth-order valence-corrected chi connectivity index (χ4v) is 4.08. The highest BCUT2D eigenvalue weighted by Gasteiger charge is 2.30. The molecule has 3 heteroatoms. The molecule has 0 aromatic heterocycles. The number of anilines is 1. The van der Waals surface area contributed by atoms with Gasteiger partial charge in [-0.2, -0.15) is 0 Å². The molecule has 1 aromatic rings. The Hall–Kier alpha value is 0.0400. The fraction of sp³-hybridized carbons (Fsp3) is 0.625. The number of hydrogen-bond acceptors (Lipinski definition) is 1. The molecule has 1 aliphatic rings. The Morgan fingerprint density at radius 2 is 2.05 bits per heavy atom. The normalized spacial score (nSPS) is 27.6. The zero-order valence-corrected chi connectivity index (χ0v) is 14.8. The molecule has 19 heavy (non-hydrogen) atoms. The van der Waals surface area contributed by atoms with E-state index in [1.54, 1.807) is 0 Å². The van der Waals surface area contributed by atoms with Crippen molar-refractivity contribution < 1.29 is 0 Å². The third-order valence-electron chi connectivity index (χ3n) is 4.29. The van der Waals surface area contributed by atoms with Crippen LogP contribution >= 0.6 is 34.2 Å². The molecule has 0 heterocycles. The highest BCUT2D eigenvalue weighted by Crippen LogP contribution is 2.36. The van der Waals surface area contributed by atoms with E-state index in [-0.39, 0.29) is 0 Å². The lowest BCUT2D eigenvalue weighted by molar-refractivity contribution is 0.212. The summed E-state index contributed by atoms with van der Waals surface area (Å²) in [5, 5.41) is 4.54. The maximum Gasteiger partial charge on any atom is 0.0648 e. The van der Waals surface area contributed by atoms with Gasteiger partial charge in [-0.3, -0.25) is 0 Å². The van der Waals surface area contributed by atoms with E-state index in [1.165, 1.54) is 22.8 Å². The summed E-state index contributed by atoms with van der Waals surface area (Å²) in [7, 11) is 0. The number of benzene rings is 1. The molecule has 1 nitrogen and oxygen atoms in total. The second kappa shape index (κ2) is 6.66. The summed E-state index contributed by atoms with van der Waals surface area (Å²) in [5.74, 6) is 2.30. The molecule has 0 spiro atoms. The molecule has 3 unspecified atom stereocenters. The van der Waals surface area contributed by atoms with Crippen molar-refractivity contribution >= 4 is 39.9 Å². The van der Waals surface area contributed by atoms with E-state index < -0.39 is 0 Å². The predicted molar refractivity (Wildman–Crippen MR) is 92.9 cm³/mol. The molecule has 0 amide bonds. The summed E-state index contributed by atoms with van der Waals surface area (Å²) < 4.78 is 1.19. The maximum atomic E-state index is 6.35. The molecule has 0 aliphatic heterocycles. The average Bonchev–Trinajstić information content (AvgIpc) is 2.32. The van der Waals surface area contributed by atoms with Crippen LogP contribution in [-0.4, -0.2) is 6.04 Å². The first-order valence-corrected chi connectivity index (χ1v) is 8.64. The van der Waals surface area contributed by atoms with Crippen molar-refractivity contribution in [2.75, 3.05) is 5.32 Å². The Labute approximate surface area is 135 Å². The summed E-state index contributed by atoms with van der Waals surface area (Å²) in [6.07, 6.45) is 3.95. The second-order valence-corrected chi connectivity index (χ2v) is 7.85. The van der Waals surface area contributed by atoms with Crippen LogP contribution in [-0.2, 0) is 0 Å². The topological polar surface area (TPSA) is 12.0 Å². The van der Waals surface area contributed by atoms with Gasteiger partial charge in [-0.15, -0.1) is 0 Å². The Bertz CT molecular complexity index is 433. The zero-order valence-electron chi connectivity index (χ0n) is 11.9. The highest BCUT2D eigenvalue weighted by molar-refractivity contribution is 14.1. The molecule has 1 N–H and O–H groups in total. The van der Waals surface area contributed by atoms with E-state index in [9.17, 15) is 0 Å². The molecule has 3 atom stereocenters. The molecule has 1 aromatic carbocycles. The van der Waals surface area contributed by atoms with Crippen molar-refractivity contribution in [3.05, 3.63) is 26.8 Å². The van der Waals surface area contributed by atoms with Crippen molar-refractivity contribution in [1.82, 2.24) is 0 Å². The van der Waals surface area contributed by atoms with Crippen LogP contribution in [0.2, 0.25) is 5.02 Å².